The van der Waals surface area contributed by atoms with Gasteiger partial charge >= 0.3 is 11.9 Å². The molecule has 8 nitrogen and oxygen atoms in total. The number of halogens is 1. The Morgan fingerprint density at radius 2 is 1.14 bits per heavy atom. The maximum absolute atomic E-state index is 12.4. The highest BCUT2D eigenvalue weighted by molar-refractivity contribution is 9.09. The molecule has 4 rings (SSSR count). The van der Waals surface area contributed by atoms with Crippen molar-refractivity contribution < 1.29 is 27.9 Å². The van der Waals surface area contributed by atoms with Gasteiger partial charge in [-0.3, -0.25) is 0 Å². The topological polar surface area (TPSA) is 91.8 Å². The van der Waals surface area contributed by atoms with Crippen LogP contribution in [0.25, 0.3) is 22.5 Å². The number of aryl methyl sites for hydroxylation is 1. The maximum atomic E-state index is 12.4. The van der Waals surface area contributed by atoms with Crippen molar-refractivity contribution in [1.82, 2.24) is 9.55 Å². The summed E-state index contributed by atoms with van der Waals surface area (Å²) in [6, 6.07) is 23.9. The van der Waals surface area contributed by atoms with Crippen molar-refractivity contribution >= 4 is 44.5 Å². The smallest absolute Gasteiger partial charge is 0.339 e. The van der Waals surface area contributed by atoms with Crippen molar-refractivity contribution in [3.05, 3.63) is 95.3 Å². The van der Waals surface area contributed by atoms with Crippen LogP contribution in [0.1, 0.15) is 100 Å². The van der Waals surface area contributed by atoms with E-state index in [0.717, 1.165) is 71.8 Å². The van der Waals surface area contributed by atoms with E-state index in [2.05, 4.69) is 105 Å². The Morgan fingerprint density at radius 1 is 0.684 bits per heavy atom. The Labute approximate surface area is 354 Å². The van der Waals surface area contributed by atoms with Crippen LogP contribution in [0.2, 0.25) is 36.3 Å². The van der Waals surface area contributed by atoms with Crippen LogP contribution < -0.4 is 0 Å². The second kappa shape index (κ2) is 22.8. The molecule has 0 aliphatic heterocycles. The lowest BCUT2D eigenvalue weighted by Gasteiger charge is -2.36. The quantitative estimate of drug-likeness (QED) is 0.0553. The van der Waals surface area contributed by atoms with Gasteiger partial charge in [-0.05, 0) is 100 Å². The summed E-state index contributed by atoms with van der Waals surface area (Å²) in [6.45, 7) is 33.5. The van der Waals surface area contributed by atoms with Crippen LogP contribution in [-0.2, 0) is 24.9 Å². The first-order valence-electron chi connectivity index (χ1n) is 20.3. The van der Waals surface area contributed by atoms with E-state index < -0.39 is 16.6 Å². The Hall–Kier alpha value is -3.23. The van der Waals surface area contributed by atoms with E-state index in [9.17, 15) is 9.59 Å². The highest BCUT2D eigenvalue weighted by Crippen LogP contribution is 2.37. The van der Waals surface area contributed by atoms with Crippen LogP contribution in [0.5, 0.6) is 0 Å². The molecule has 57 heavy (non-hydrogen) atoms. The van der Waals surface area contributed by atoms with Gasteiger partial charge in [-0.25, -0.2) is 9.59 Å². The second-order valence-electron chi connectivity index (χ2n) is 17.2. The summed E-state index contributed by atoms with van der Waals surface area (Å²) in [5.74, 6) is -0.531. The molecule has 2 heterocycles. The molecular formula is C46H71BrN2O6Si2. The largest absolute Gasteiger partial charge is 0.462 e. The number of ether oxygens (including phenoxy) is 2. The molecule has 0 bridgehead atoms. The SMILES string of the molecule is CC(C)(C)[Si](C)(C)OCCCBr.CCOC(=O)c1cc(-c2ccccc2)[nH]c1C.CCOC(=O)c1cc(-c2ccccc2)n(CCCO[Si](C)(C)C(C)(C)C)c1C. The molecule has 0 saturated carbocycles. The molecule has 4 aromatic rings. The molecule has 11 heteroatoms. The lowest BCUT2D eigenvalue weighted by Crippen LogP contribution is -2.41. The zero-order valence-electron chi connectivity index (χ0n) is 37.4. The second-order valence-corrected chi connectivity index (χ2v) is 27.6. The molecule has 0 unspecified atom stereocenters. The van der Waals surface area contributed by atoms with Crippen molar-refractivity contribution in [1.29, 1.82) is 0 Å². The number of esters is 2. The Kier molecular flexibility index (Phi) is 20.0. The van der Waals surface area contributed by atoms with Crippen LogP contribution in [-0.4, -0.2) is 69.9 Å². The molecule has 0 radical (unpaired) electrons. The zero-order valence-corrected chi connectivity index (χ0v) is 40.9. The highest BCUT2D eigenvalue weighted by Gasteiger charge is 2.37. The standard InChI is InChI=1S/C23H35NO3Si.C14H15NO2.C9H21BrOSi/c1-8-26-22(25)20-17-21(19-13-10-9-11-14-19)24(18(20)2)15-12-16-27-28(6,7)23(3,4)5;1-3-17-14(16)12-9-13(15-10(12)2)11-7-5-4-6-8-11;1-9(2,3)12(4,5)11-8-6-7-10/h9-11,13-14,17H,8,12,15-16H2,1-7H3;4-9,15H,3H2,1-2H3;6-8H2,1-5H3. The molecular weight excluding hydrogens is 813 g/mol. The predicted molar refractivity (Wildman–Crippen MR) is 247 cm³/mol. The molecule has 0 saturated heterocycles. The molecule has 316 valence electrons. The van der Waals surface area contributed by atoms with E-state index in [1.54, 1.807) is 6.92 Å². The lowest BCUT2D eigenvalue weighted by atomic mass is 10.1. The van der Waals surface area contributed by atoms with Gasteiger partial charge in [0.2, 0.25) is 0 Å². The van der Waals surface area contributed by atoms with Gasteiger partial charge in [0.25, 0.3) is 0 Å². The predicted octanol–water partition coefficient (Wildman–Crippen LogP) is 13.0. The third kappa shape index (κ3) is 15.1. The summed E-state index contributed by atoms with van der Waals surface area (Å²) in [5.41, 5.74) is 7.18. The normalized spacial score (nSPS) is 11.9. The van der Waals surface area contributed by atoms with Crippen LogP contribution in [0.4, 0.5) is 0 Å². The number of aromatic nitrogens is 2. The minimum Gasteiger partial charge on any atom is -0.462 e. The number of hydrogen-bond acceptors (Lipinski definition) is 6. The number of H-pyrrole nitrogens is 1. The summed E-state index contributed by atoms with van der Waals surface area (Å²) in [4.78, 5) is 27.2. The van der Waals surface area contributed by atoms with Crippen LogP contribution in [0.15, 0.2) is 72.8 Å². The van der Waals surface area contributed by atoms with Gasteiger partial charge in [0.05, 0.1) is 24.3 Å². The maximum Gasteiger partial charge on any atom is 0.339 e. The number of nitrogens with zero attached hydrogens (tertiary/aromatic N) is 1. The van der Waals surface area contributed by atoms with Crippen LogP contribution in [0.3, 0.4) is 0 Å². The number of aromatic amines is 1. The molecule has 0 aliphatic rings. The monoisotopic (exact) mass is 882 g/mol. The number of rotatable bonds is 15. The fourth-order valence-corrected chi connectivity index (χ4v) is 7.72. The van der Waals surface area contributed by atoms with E-state index in [4.69, 9.17) is 18.3 Å². The fourth-order valence-electron chi connectivity index (χ4n) is 5.31. The van der Waals surface area contributed by atoms with Crippen LogP contribution >= 0.6 is 15.9 Å². The number of carbonyl (C=O) groups excluding carboxylic acids is 2. The Balaban J connectivity index is 0.000000328. The van der Waals surface area contributed by atoms with E-state index in [-0.39, 0.29) is 17.0 Å². The van der Waals surface area contributed by atoms with Gasteiger partial charge in [-0.1, -0.05) is 118 Å². The summed E-state index contributed by atoms with van der Waals surface area (Å²) < 4.78 is 24.7. The first-order chi connectivity index (χ1) is 26.6. The zero-order chi connectivity index (χ0) is 43.0. The fraction of sp³-hybridized carbons (Fsp3) is 0.522. The molecule has 2 aromatic heterocycles. The summed E-state index contributed by atoms with van der Waals surface area (Å²) in [5, 5.41) is 1.60. The van der Waals surface area contributed by atoms with Crippen molar-refractivity contribution in [3.63, 3.8) is 0 Å². The number of nitrogens with one attached hydrogen (secondary N) is 1. The van der Waals surface area contributed by atoms with Crippen molar-refractivity contribution in [3.8, 4) is 22.5 Å². The third-order valence-corrected chi connectivity index (χ3v) is 20.5. The highest BCUT2D eigenvalue weighted by atomic mass is 79.9. The molecule has 0 spiro atoms. The average Bonchev–Trinajstić information content (AvgIpc) is 3.70. The molecule has 2 aromatic carbocycles. The minimum absolute atomic E-state index is 0.211. The molecule has 0 fully saturated rings. The Bertz CT molecular complexity index is 1810. The van der Waals surface area contributed by atoms with E-state index in [1.165, 1.54) is 0 Å². The number of alkyl halides is 1. The molecule has 0 amide bonds. The third-order valence-electron chi connectivity index (χ3n) is 10.9. The first-order valence-corrected chi connectivity index (χ1v) is 27.2. The van der Waals surface area contributed by atoms with E-state index in [0.29, 0.717) is 29.4 Å². The van der Waals surface area contributed by atoms with Gasteiger partial charge in [0.1, 0.15) is 0 Å². The summed E-state index contributed by atoms with van der Waals surface area (Å²) in [6.07, 6.45) is 2.02. The molecule has 1 N–H and O–H groups in total. The van der Waals surface area contributed by atoms with Crippen molar-refractivity contribution in [2.45, 2.75) is 125 Å². The lowest BCUT2D eigenvalue weighted by molar-refractivity contribution is 0.0516. The number of benzene rings is 2. The average molecular weight is 884 g/mol. The summed E-state index contributed by atoms with van der Waals surface area (Å²) >= 11 is 3.40. The van der Waals surface area contributed by atoms with Gasteiger partial charge in [-0.2, -0.15) is 0 Å². The number of hydrogen-bond donors (Lipinski definition) is 1. The van der Waals surface area contributed by atoms with Gasteiger partial charge in [0, 0.05) is 47.9 Å². The van der Waals surface area contributed by atoms with Gasteiger partial charge in [-0.15, -0.1) is 0 Å². The van der Waals surface area contributed by atoms with E-state index in [1.807, 2.05) is 81.4 Å². The van der Waals surface area contributed by atoms with Crippen molar-refractivity contribution in [2.24, 2.45) is 0 Å². The Morgan fingerprint density at radius 3 is 1.60 bits per heavy atom. The minimum atomic E-state index is -1.74. The first kappa shape index (κ1) is 49.9. The molecule has 0 atom stereocenters. The van der Waals surface area contributed by atoms with Gasteiger partial charge in [0.15, 0.2) is 16.6 Å². The van der Waals surface area contributed by atoms with Crippen molar-refractivity contribution in [2.75, 3.05) is 31.8 Å². The van der Waals surface area contributed by atoms with Crippen LogP contribution in [0, 0.1) is 13.8 Å². The summed E-state index contributed by atoms with van der Waals surface area (Å²) in [7, 11) is -3.20. The van der Waals surface area contributed by atoms with Gasteiger partial charge < -0.3 is 27.9 Å². The van der Waals surface area contributed by atoms with E-state index >= 15 is 0 Å². The number of carbonyl (C=O) groups is 2. The molecule has 0 aliphatic carbocycles.